The Labute approximate surface area is 128 Å². The van der Waals surface area contributed by atoms with E-state index in [0.717, 1.165) is 24.5 Å². The van der Waals surface area contributed by atoms with Crippen LogP contribution in [0.2, 0.25) is 0 Å². The molecule has 0 heterocycles. The van der Waals surface area contributed by atoms with Gasteiger partial charge in [-0.2, -0.15) is 0 Å². The van der Waals surface area contributed by atoms with Crippen LogP contribution in [0.3, 0.4) is 0 Å². The van der Waals surface area contributed by atoms with Gasteiger partial charge in [-0.05, 0) is 25.5 Å². The second-order valence-corrected chi connectivity index (χ2v) is 4.88. The Balaban J connectivity index is 2.29. The van der Waals surface area contributed by atoms with Gasteiger partial charge in [0.2, 0.25) is 0 Å². The fourth-order valence-corrected chi connectivity index (χ4v) is 1.83. The Morgan fingerprint density at radius 1 is 0.905 bits per heavy atom. The number of ether oxygens (including phenoxy) is 4. The normalized spacial score (nSPS) is 12.1. The molecule has 4 nitrogen and oxygen atoms in total. The summed E-state index contributed by atoms with van der Waals surface area (Å²) in [6.45, 7) is 5.76. The van der Waals surface area contributed by atoms with Crippen LogP contribution in [0.25, 0.3) is 0 Å². The first-order valence-electron chi connectivity index (χ1n) is 7.77. The molecule has 0 saturated heterocycles. The summed E-state index contributed by atoms with van der Waals surface area (Å²) in [5.74, 6) is 1.57. The molecule has 120 valence electrons. The van der Waals surface area contributed by atoms with E-state index >= 15 is 0 Å². The van der Waals surface area contributed by atoms with Crippen molar-refractivity contribution in [1.82, 2.24) is 0 Å². The molecular weight excluding hydrogens is 268 g/mol. The molecular formula is C17H28O4. The molecule has 0 spiro atoms. The largest absolute Gasteiger partial charge is 0.490 e. The Hall–Kier alpha value is -1.26. The van der Waals surface area contributed by atoms with Gasteiger partial charge < -0.3 is 18.9 Å². The maximum Gasteiger partial charge on any atom is 0.161 e. The van der Waals surface area contributed by atoms with Crippen LogP contribution < -0.4 is 9.47 Å². The van der Waals surface area contributed by atoms with Gasteiger partial charge in [-0.1, -0.05) is 38.3 Å². The van der Waals surface area contributed by atoms with Gasteiger partial charge in [0.25, 0.3) is 0 Å². The van der Waals surface area contributed by atoms with Crippen molar-refractivity contribution in [3.8, 4) is 11.5 Å². The standard InChI is InChI=1S/C17H28O4/c1-4-5-6-9-12-20-16-10-7-8-11-17(16)21-14-13-19-15(2)18-3/h7-8,10-11,15H,4-6,9,12-14H2,1-3H3. The summed E-state index contributed by atoms with van der Waals surface area (Å²) in [4.78, 5) is 0. The highest BCUT2D eigenvalue weighted by molar-refractivity contribution is 5.39. The minimum absolute atomic E-state index is 0.210. The zero-order valence-electron chi connectivity index (χ0n) is 13.5. The quantitative estimate of drug-likeness (QED) is 0.431. The van der Waals surface area contributed by atoms with Crippen LogP contribution in [-0.2, 0) is 9.47 Å². The van der Waals surface area contributed by atoms with E-state index in [0.29, 0.717) is 13.2 Å². The molecule has 0 aromatic heterocycles. The first kappa shape index (κ1) is 17.8. The fraction of sp³-hybridized carbons (Fsp3) is 0.647. The number of hydrogen-bond acceptors (Lipinski definition) is 4. The summed E-state index contributed by atoms with van der Waals surface area (Å²) in [5.41, 5.74) is 0. The third-order valence-corrected chi connectivity index (χ3v) is 3.13. The maximum atomic E-state index is 5.79. The molecule has 1 rings (SSSR count). The average molecular weight is 296 g/mol. The van der Waals surface area contributed by atoms with Gasteiger partial charge in [-0.3, -0.25) is 0 Å². The molecule has 0 saturated carbocycles. The van der Waals surface area contributed by atoms with Crippen LogP contribution in [0.4, 0.5) is 0 Å². The summed E-state index contributed by atoms with van der Waals surface area (Å²) in [5, 5.41) is 0. The summed E-state index contributed by atoms with van der Waals surface area (Å²) < 4.78 is 21.9. The number of hydrogen-bond donors (Lipinski definition) is 0. The van der Waals surface area contributed by atoms with Gasteiger partial charge in [0, 0.05) is 7.11 Å². The molecule has 0 aliphatic heterocycles. The van der Waals surface area contributed by atoms with E-state index in [9.17, 15) is 0 Å². The Morgan fingerprint density at radius 3 is 2.19 bits per heavy atom. The lowest BCUT2D eigenvalue weighted by atomic mass is 10.2. The molecule has 0 bridgehead atoms. The predicted molar refractivity (Wildman–Crippen MR) is 84.0 cm³/mol. The molecule has 21 heavy (non-hydrogen) atoms. The average Bonchev–Trinajstić information content (AvgIpc) is 2.52. The molecule has 1 unspecified atom stereocenters. The lowest BCUT2D eigenvalue weighted by Crippen LogP contribution is -2.15. The number of rotatable bonds is 12. The molecule has 0 aliphatic carbocycles. The highest BCUT2D eigenvalue weighted by Gasteiger charge is 2.05. The Kier molecular flexibility index (Phi) is 9.66. The number of benzene rings is 1. The van der Waals surface area contributed by atoms with Crippen LogP contribution in [0.15, 0.2) is 24.3 Å². The second-order valence-electron chi connectivity index (χ2n) is 4.88. The molecule has 0 fully saturated rings. The van der Waals surface area contributed by atoms with E-state index in [1.54, 1.807) is 7.11 Å². The van der Waals surface area contributed by atoms with Crippen LogP contribution in [-0.4, -0.2) is 33.2 Å². The lowest BCUT2D eigenvalue weighted by Gasteiger charge is -2.14. The van der Waals surface area contributed by atoms with E-state index in [1.165, 1.54) is 19.3 Å². The van der Waals surface area contributed by atoms with Crippen LogP contribution in [0, 0.1) is 0 Å². The smallest absolute Gasteiger partial charge is 0.161 e. The monoisotopic (exact) mass is 296 g/mol. The minimum atomic E-state index is -0.210. The Morgan fingerprint density at radius 2 is 1.57 bits per heavy atom. The molecule has 1 aromatic carbocycles. The third-order valence-electron chi connectivity index (χ3n) is 3.13. The van der Waals surface area contributed by atoms with Crippen LogP contribution >= 0.6 is 0 Å². The molecule has 0 radical (unpaired) electrons. The maximum absolute atomic E-state index is 5.79. The van der Waals surface area contributed by atoms with Crippen molar-refractivity contribution in [2.75, 3.05) is 26.9 Å². The van der Waals surface area contributed by atoms with E-state index < -0.39 is 0 Å². The van der Waals surface area contributed by atoms with Crippen molar-refractivity contribution in [3.05, 3.63) is 24.3 Å². The van der Waals surface area contributed by atoms with Crippen molar-refractivity contribution < 1.29 is 18.9 Å². The van der Waals surface area contributed by atoms with E-state index in [-0.39, 0.29) is 6.29 Å². The predicted octanol–water partition coefficient (Wildman–Crippen LogP) is 4.03. The SMILES string of the molecule is CCCCCCOc1ccccc1OCCOC(C)OC. The molecule has 1 atom stereocenters. The Bertz CT molecular complexity index is 368. The first-order valence-corrected chi connectivity index (χ1v) is 7.77. The highest BCUT2D eigenvalue weighted by atomic mass is 16.7. The van der Waals surface area contributed by atoms with Crippen molar-refractivity contribution in [2.24, 2.45) is 0 Å². The number of unbranched alkanes of at least 4 members (excludes halogenated alkanes) is 3. The lowest BCUT2D eigenvalue weighted by molar-refractivity contribution is -0.115. The summed E-state index contributed by atoms with van der Waals surface area (Å²) >= 11 is 0. The zero-order chi connectivity index (χ0) is 15.3. The third kappa shape index (κ3) is 7.93. The molecule has 0 N–H and O–H groups in total. The number of para-hydroxylation sites is 2. The first-order chi connectivity index (χ1) is 10.3. The summed E-state index contributed by atoms with van der Waals surface area (Å²) in [6, 6.07) is 7.75. The van der Waals surface area contributed by atoms with Gasteiger partial charge >= 0.3 is 0 Å². The second kappa shape index (κ2) is 11.4. The van der Waals surface area contributed by atoms with Crippen molar-refractivity contribution in [3.63, 3.8) is 0 Å². The van der Waals surface area contributed by atoms with E-state index in [1.807, 2.05) is 31.2 Å². The number of methoxy groups -OCH3 is 1. The summed E-state index contributed by atoms with van der Waals surface area (Å²) in [7, 11) is 1.62. The van der Waals surface area contributed by atoms with Gasteiger partial charge in [-0.15, -0.1) is 0 Å². The zero-order valence-corrected chi connectivity index (χ0v) is 13.5. The van der Waals surface area contributed by atoms with Crippen LogP contribution in [0.1, 0.15) is 39.5 Å². The highest BCUT2D eigenvalue weighted by Crippen LogP contribution is 2.26. The minimum Gasteiger partial charge on any atom is -0.490 e. The van der Waals surface area contributed by atoms with Gasteiger partial charge in [0.05, 0.1) is 13.2 Å². The molecule has 4 heteroatoms. The molecule has 1 aromatic rings. The van der Waals surface area contributed by atoms with Gasteiger partial charge in [0.1, 0.15) is 6.61 Å². The summed E-state index contributed by atoms with van der Waals surface area (Å²) in [6.07, 6.45) is 4.58. The van der Waals surface area contributed by atoms with E-state index in [4.69, 9.17) is 18.9 Å². The molecule has 0 aliphatic rings. The van der Waals surface area contributed by atoms with Gasteiger partial charge in [-0.25, -0.2) is 0 Å². The topological polar surface area (TPSA) is 36.9 Å². The van der Waals surface area contributed by atoms with E-state index in [2.05, 4.69) is 6.92 Å². The van der Waals surface area contributed by atoms with Crippen molar-refractivity contribution >= 4 is 0 Å². The molecule has 0 amide bonds. The van der Waals surface area contributed by atoms with Gasteiger partial charge in [0.15, 0.2) is 17.8 Å². The van der Waals surface area contributed by atoms with Crippen LogP contribution in [0.5, 0.6) is 11.5 Å². The van der Waals surface area contributed by atoms with Crippen molar-refractivity contribution in [1.29, 1.82) is 0 Å². The fourth-order valence-electron chi connectivity index (χ4n) is 1.83. The van der Waals surface area contributed by atoms with Crippen molar-refractivity contribution in [2.45, 2.75) is 45.8 Å².